The van der Waals surface area contributed by atoms with Gasteiger partial charge in [-0.15, -0.1) is 0 Å². The summed E-state index contributed by atoms with van der Waals surface area (Å²) in [5, 5.41) is 109. The van der Waals surface area contributed by atoms with Crippen molar-refractivity contribution >= 4 is 0 Å². The summed E-state index contributed by atoms with van der Waals surface area (Å²) in [6.45, 7) is -2.31. The van der Waals surface area contributed by atoms with Gasteiger partial charge in [0.25, 0.3) is 0 Å². The Bertz CT molecular complexity index is 639. The number of hydrogen-bond acceptors (Lipinski definition) is 16. The molecule has 0 saturated carbocycles. The molecule has 0 spiro atoms. The first-order valence-corrected chi connectivity index (χ1v) is 10.6. The monoisotopic (exact) mass is 504 g/mol. The van der Waals surface area contributed by atoms with Crippen LogP contribution in [-0.4, -0.2) is 168 Å². The van der Waals surface area contributed by atoms with Gasteiger partial charge >= 0.3 is 0 Å². The summed E-state index contributed by atoms with van der Waals surface area (Å²) in [6, 6.07) is 0. The fraction of sp³-hybridized carbons (Fsp3) is 1.00. The van der Waals surface area contributed by atoms with Crippen molar-refractivity contribution in [2.24, 2.45) is 0 Å². The second kappa shape index (κ2) is 11.6. The molecule has 3 aliphatic heterocycles. The number of rotatable bonds is 7. The molecule has 0 radical (unpaired) electrons. The molecule has 0 aromatic carbocycles. The van der Waals surface area contributed by atoms with Gasteiger partial charge in [-0.2, -0.15) is 0 Å². The van der Waals surface area contributed by atoms with E-state index in [-0.39, 0.29) is 0 Å². The van der Waals surface area contributed by atoms with Crippen LogP contribution in [-0.2, 0) is 23.7 Å². The van der Waals surface area contributed by atoms with Crippen molar-refractivity contribution in [1.29, 1.82) is 0 Å². The van der Waals surface area contributed by atoms with Crippen LogP contribution < -0.4 is 0 Å². The van der Waals surface area contributed by atoms with Gasteiger partial charge in [0.05, 0.1) is 19.8 Å². The summed E-state index contributed by atoms with van der Waals surface area (Å²) < 4.78 is 26.5. The molecule has 34 heavy (non-hydrogen) atoms. The zero-order chi connectivity index (χ0) is 25.3. The van der Waals surface area contributed by atoms with Crippen molar-refractivity contribution in [3.8, 4) is 0 Å². The first-order valence-electron chi connectivity index (χ1n) is 10.6. The lowest BCUT2D eigenvalue weighted by molar-refractivity contribution is -0.391. The quantitative estimate of drug-likeness (QED) is 0.154. The summed E-state index contributed by atoms with van der Waals surface area (Å²) in [5.74, 6) is 0. The Labute approximate surface area is 192 Å². The summed E-state index contributed by atoms with van der Waals surface area (Å²) in [6.07, 6.45) is -25.7. The predicted octanol–water partition coefficient (Wildman–Crippen LogP) is -7.57. The molecule has 0 unspecified atom stereocenters. The minimum Gasteiger partial charge on any atom is -0.394 e. The van der Waals surface area contributed by atoms with Crippen LogP contribution in [0.4, 0.5) is 0 Å². The topological polar surface area (TPSA) is 269 Å². The highest BCUT2D eigenvalue weighted by atomic mass is 16.8. The summed E-state index contributed by atoms with van der Waals surface area (Å²) in [4.78, 5) is 0. The summed E-state index contributed by atoms with van der Waals surface area (Å²) in [5.41, 5.74) is 0. The van der Waals surface area contributed by atoms with Crippen molar-refractivity contribution in [1.82, 2.24) is 0 Å². The van der Waals surface area contributed by atoms with E-state index in [0.29, 0.717) is 0 Å². The number of aliphatic hydroxyl groups excluding tert-OH is 11. The molecule has 200 valence electrons. The predicted molar refractivity (Wildman–Crippen MR) is 101 cm³/mol. The average molecular weight is 504 g/mol. The van der Waals surface area contributed by atoms with Gasteiger partial charge in [0, 0.05) is 0 Å². The fourth-order valence-corrected chi connectivity index (χ4v) is 4.02. The van der Waals surface area contributed by atoms with Gasteiger partial charge < -0.3 is 79.9 Å². The van der Waals surface area contributed by atoms with E-state index in [1.807, 2.05) is 0 Å². The van der Waals surface area contributed by atoms with Crippen molar-refractivity contribution < 1.29 is 79.9 Å². The minimum absolute atomic E-state index is 0.734. The van der Waals surface area contributed by atoms with Gasteiger partial charge in [0.1, 0.15) is 73.2 Å². The van der Waals surface area contributed by atoms with E-state index in [9.17, 15) is 56.2 Å². The van der Waals surface area contributed by atoms with Gasteiger partial charge in [-0.1, -0.05) is 0 Å². The van der Waals surface area contributed by atoms with Crippen LogP contribution in [0.1, 0.15) is 0 Å². The van der Waals surface area contributed by atoms with Gasteiger partial charge in [0.2, 0.25) is 0 Å². The van der Waals surface area contributed by atoms with Gasteiger partial charge in [0.15, 0.2) is 18.9 Å². The molecular formula is C18H32O16. The fourth-order valence-electron chi connectivity index (χ4n) is 4.02. The molecule has 3 rings (SSSR count). The lowest BCUT2D eigenvalue weighted by Gasteiger charge is -2.48. The Balaban J connectivity index is 1.82. The Kier molecular flexibility index (Phi) is 9.54. The van der Waals surface area contributed by atoms with Crippen LogP contribution in [0.2, 0.25) is 0 Å². The molecule has 3 fully saturated rings. The van der Waals surface area contributed by atoms with E-state index in [0.717, 1.165) is 0 Å². The molecule has 11 N–H and O–H groups in total. The third-order valence-electron chi connectivity index (χ3n) is 6.10. The molecule has 16 nitrogen and oxygen atoms in total. The van der Waals surface area contributed by atoms with E-state index in [1.165, 1.54) is 0 Å². The standard InChI is InChI=1S/C18H32O16/c19-1-4-8(23)11(26)14(16(29)30-4)33-18-15(12(27)9(24)6(3-21)32-18)34-17-13(28)10(25)7(22)5(2-20)31-17/h4-29H,1-3H2/t4-,5-,6-,7-,8-,9-,10+,11+,12+,13+,14+,15+,16+,17+,18+/m1/s1. The third kappa shape index (κ3) is 5.37. The molecule has 3 saturated heterocycles. The van der Waals surface area contributed by atoms with Gasteiger partial charge in [-0.3, -0.25) is 0 Å². The second-order valence-corrected chi connectivity index (χ2v) is 8.33. The SMILES string of the molecule is OC[C@H]1O[C@@H](O[C@@H]2[C@H](O[C@H]3[C@@H](O)[C@H](O)[C@@H](CO)O[C@@H]3O)O[C@H](CO)[C@@H](O)[C@@H]2O)[C@@H](O)[C@@H](O)[C@@H]1O. The van der Waals surface area contributed by atoms with E-state index >= 15 is 0 Å². The molecule has 15 atom stereocenters. The van der Waals surface area contributed by atoms with Crippen molar-refractivity contribution in [3.05, 3.63) is 0 Å². The maximum atomic E-state index is 10.6. The molecule has 0 amide bonds. The number of ether oxygens (including phenoxy) is 5. The van der Waals surface area contributed by atoms with Crippen molar-refractivity contribution in [3.63, 3.8) is 0 Å². The second-order valence-electron chi connectivity index (χ2n) is 8.33. The van der Waals surface area contributed by atoms with Crippen molar-refractivity contribution in [2.75, 3.05) is 19.8 Å². The maximum Gasteiger partial charge on any atom is 0.187 e. The van der Waals surface area contributed by atoms with Crippen LogP contribution in [0.3, 0.4) is 0 Å². The lowest BCUT2D eigenvalue weighted by Crippen LogP contribution is -2.66. The normalized spacial score (nSPS) is 52.5. The molecule has 3 aliphatic rings. The Morgan fingerprint density at radius 1 is 0.441 bits per heavy atom. The van der Waals surface area contributed by atoms with Crippen LogP contribution in [0.25, 0.3) is 0 Å². The molecule has 0 aromatic rings. The largest absolute Gasteiger partial charge is 0.394 e. The van der Waals surface area contributed by atoms with Crippen LogP contribution in [0.5, 0.6) is 0 Å². The highest BCUT2D eigenvalue weighted by Crippen LogP contribution is 2.32. The Morgan fingerprint density at radius 2 is 0.853 bits per heavy atom. The number of aliphatic hydroxyl groups is 11. The van der Waals surface area contributed by atoms with E-state index in [2.05, 4.69) is 0 Å². The van der Waals surface area contributed by atoms with E-state index in [4.69, 9.17) is 23.7 Å². The maximum absolute atomic E-state index is 10.6. The smallest absolute Gasteiger partial charge is 0.187 e. The third-order valence-corrected chi connectivity index (χ3v) is 6.10. The molecule has 0 bridgehead atoms. The zero-order valence-corrected chi connectivity index (χ0v) is 17.7. The molecular weight excluding hydrogens is 472 g/mol. The highest BCUT2D eigenvalue weighted by Gasteiger charge is 2.53. The van der Waals surface area contributed by atoms with Gasteiger partial charge in [-0.05, 0) is 0 Å². The summed E-state index contributed by atoms with van der Waals surface area (Å²) in [7, 11) is 0. The minimum atomic E-state index is -1.90. The highest BCUT2D eigenvalue weighted by molar-refractivity contribution is 4.95. The first kappa shape index (κ1) is 27.9. The molecule has 0 aliphatic carbocycles. The molecule has 16 heteroatoms. The lowest BCUT2D eigenvalue weighted by atomic mass is 9.96. The summed E-state index contributed by atoms with van der Waals surface area (Å²) >= 11 is 0. The van der Waals surface area contributed by atoms with Crippen LogP contribution in [0.15, 0.2) is 0 Å². The zero-order valence-electron chi connectivity index (χ0n) is 17.7. The Hall–Kier alpha value is -0.640. The van der Waals surface area contributed by atoms with E-state index < -0.39 is 112 Å². The average Bonchev–Trinajstić information content (AvgIpc) is 2.83. The van der Waals surface area contributed by atoms with Crippen LogP contribution in [0, 0.1) is 0 Å². The Morgan fingerprint density at radius 3 is 1.38 bits per heavy atom. The first-order chi connectivity index (χ1) is 16.0. The van der Waals surface area contributed by atoms with E-state index in [1.54, 1.807) is 0 Å². The van der Waals surface area contributed by atoms with Gasteiger partial charge in [-0.25, -0.2) is 0 Å². The van der Waals surface area contributed by atoms with Crippen molar-refractivity contribution in [2.45, 2.75) is 92.1 Å². The molecule has 3 heterocycles. The molecule has 0 aromatic heterocycles. The van der Waals surface area contributed by atoms with Crippen LogP contribution >= 0.6 is 0 Å². The number of hydrogen-bond donors (Lipinski definition) is 11.